The van der Waals surface area contributed by atoms with Gasteiger partial charge in [0.15, 0.2) is 0 Å². The van der Waals surface area contributed by atoms with E-state index >= 15 is 0 Å². The smallest absolute Gasteiger partial charge is 0.0824 e. The second-order valence-corrected chi connectivity index (χ2v) is 4.83. The Morgan fingerprint density at radius 3 is 2.75 bits per heavy atom. The largest absolute Gasteiger partial charge is 0.266 e. The number of benzene rings is 1. The van der Waals surface area contributed by atoms with Crippen molar-refractivity contribution in [3.05, 3.63) is 39.5 Å². The number of nitrogens with zero attached hydrogens (tertiary/aromatic N) is 2. The molecule has 0 saturated heterocycles. The lowest BCUT2D eigenvalue weighted by Crippen LogP contribution is -1.94. The SMILES string of the molecule is CCc1nn(C)c(-c2cccc(Cl)c2)c1Br. The molecule has 0 aliphatic carbocycles. The fourth-order valence-electron chi connectivity index (χ4n) is 1.73. The number of rotatable bonds is 2. The Morgan fingerprint density at radius 2 is 2.19 bits per heavy atom. The van der Waals surface area contributed by atoms with Crippen LogP contribution in [0.3, 0.4) is 0 Å². The fourth-order valence-corrected chi connectivity index (χ4v) is 2.76. The molecule has 1 aromatic heterocycles. The van der Waals surface area contributed by atoms with Gasteiger partial charge in [-0.05, 0) is 34.5 Å². The van der Waals surface area contributed by atoms with Crippen LogP contribution in [-0.2, 0) is 13.5 Å². The quantitative estimate of drug-likeness (QED) is 0.817. The molecule has 0 aliphatic heterocycles. The van der Waals surface area contributed by atoms with Crippen molar-refractivity contribution in [1.29, 1.82) is 0 Å². The van der Waals surface area contributed by atoms with Crippen molar-refractivity contribution in [3.8, 4) is 11.3 Å². The van der Waals surface area contributed by atoms with Gasteiger partial charge in [-0.3, -0.25) is 4.68 Å². The average molecular weight is 300 g/mol. The summed E-state index contributed by atoms with van der Waals surface area (Å²) in [5.74, 6) is 0. The maximum Gasteiger partial charge on any atom is 0.0824 e. The fraction of sp³-hybridized carbons (Fsp3) is 0.250. The summed E-state index contributed by atoms with van der Waals surface area (Å²) in [6.07, 6.45) is 0.912. The first-order valence-electron chi connectivity index (χ1n) is 5.10. The first kappa shape index (κ1) is 11.7. The lowest BCUT2D eigenvalue weighted by Gasteiger charge is -2.03. The summed E-state index contributed by atoms with van der Waals surface area (Å²) in [5, 5.41) is 5.20. The molecule has 1 aromatic carbocycles. The molecule has 0 fully saturated rings. The van der Waals surface area contributed by atoms with Crippen molar-refractivity contribution >= 4 is 27.5 Å². The maximum absolute atomic E-state index is 6.00. The molecule has 0 bridgehead atoms. The monoisotopic (exact) mass is 298 g/mol. The van der Waals surface area contributed by atoms with Crippen LogP contribution in [0.2, 0.25) is 5.02 Å². The molecule has 0 unspecified atom stereocenters. The minimum atomic E-state index is 0.739. The topological polar surface area (TPSA) is 17.8 Å². The van der Waals surface area contributed by atoms with E-state index in [2.05, 4.69) is 28.0 Å². The summed E-state index contributed by atoms with van der Waals surface area (Å²) in [5.41, 5.74) is 3.21. The Morgan fingerprint density at radius 1 is 1.44 bits per heavy atom. The molecule has 16 heavy (non-hydrogen) atoms. The van der Waals surface area contributed by atoms with E-state index in [1.807, 2.05) is 36.0 Å². The zero-order valence-corrected chi connectivity index (χ0v) is 11.5. The molecule has 0 atom stereocenters. The molecule has 0 amide bonds. The number of aromatic nitrogens is 2. The van der Waals surface area contributed by atoms with Gasteiger partial charge in [-0.25, -0.2) is 0 Å². The van der Waals surface area contributed by atoms with E-state index in [0.29, 0.717) is 0 Å². The molecule has 0 radical (unpaired) electrons. The summed E-state index contributed by atoms with van der Waals surface area (Å²) in [7, 11) is 1.94. The standard InChI is InChI=1S/C12H12BrClN2/c1-3-10-11(13)12(16(2)15-10)8-5-4-6-9(14)7-8/h4-7H,3H2,1-2H3. The van der Waals surface area contributed by atoms with Crippen LogP contribution in [0.4, 0.5) is 0 Å². The van der Waals surface area contributed by atoms with Crippen molar-refractivity contribution in [2.75, 3.05) is 0 Å². The summed E-state index contributed by atoms with van der Waals surface area (Å²) >= 11 is 9.59. The highest BCUT2D eigenvalue weighted by Crippen LogP contribution is 2.32. The third kappa shape index (κ3) is 2.02. The molecule has 2 rings (SSSR count). The minimum absolute atomic E-state index is 0.739. The van der Waals surface area contributed by atoms with Gasteiger partial charge in [0, 0.05) is 17.6 Å². The lowest BCUT2D eigenvalue weighted by molar-refractivity contribution is 0.753. The van der Waals surface area contributed by atoms with Crippen LogP contribution in [0, 0.1) is 0 Å². The molecule has 0 saturated carbocycles. The van der Waals surface area contributed by atoms with E-state index in [4.69, 9.17) is 11.6 Å². The van der Waals surface area contributed by atoms with Gasteiger partial charge in [-0.2, -0.15) is 5.10 Å². The lowest BCUT2D eigenvalue weighted by atomic mass is 10.1. The van der Waals surface area contributed by atoms with Crippen molar-refractivity contribution in [1.82, 2.24) is 9.78 Å². The highest BCUT2D eigenvalue weighted by atomic mass is 79.9. The van der Waals surface area contributed by atoms with Crippen molar-refractivity contribution in [3.63, 3.8) is 0 Å². The molecule has 0 spiro atoms. The van der Waals surface area contributed by atoms with Gasteiger partial charge in [0.2, 0.25) is 0 Å². The number of hydrogen-bond donors (Lipinski definition) is 0. The van der Waals surface area contributed by atoms with Crippen LogP contribution in [0.5, 0.6) is 0 Å². The van der Waals surface area contributed by atoms with Gasteiger partial charge in [0.25, 0.3) is 0 Å². The van der Waals surface area contributed by atoms with E-state index in [1.54, 1.807) is 0 Å². The Kier molecular flexibility index (Phi) is 3.36. The zero-order chi connectivity index (χ0) is 11.7. The third-order valence-corrected chi connectivity index (χ3v) is 3.56. The molecule has 0 aliphatic rings. The van der Waals surface area contributed by atoms with Gasteiger partial charge in [0.1, 0.15) is 0 Å². The van der Waals surface area contributed by atoms with Crippen molar-refractivity contribution in [2.45, 2.75) is 13.3 Å². The van der Waals surface area contributed by atoms with Crippen LogP contribution >= 0.6 is 27.5 Å². The summed E-state index contributed by atoms with van der Waals surface area (Å²) in [4.78, 5) is 0. The first-order valence-corrected chi connectivity index (χ1v) is 6.28. The van der Waals surface area contributed by atoms with Crippen LogP contribution in [0.25, 0.3) is 11.3 Å². The average Bonchev–Trinajstić information content (AvgIpc) is 2.53. The molecule has 2 aromatic rings. The summed E-state index contributed by atoms with van der Waals surface area (Å²) in [6, 6.07) is 7.80. The molecular weight excluding hydrogens is 288 g/mol. The van der Waals surface area contributed by atoms with Crippen LogP contribution < -0.4 is 0 Å². The number of hydrogen-bond acceptors (Lipinski definition) is 1. The molecule has 1 heterocycles. The Hall–Kier alpha value is -0.800. The van der Waals surface area contributed by atoms with Gasteiger partial charge in [-0.1, -0.05) is 30.7 Å². The van der Waals surface area contributed by atoms with Gasteiger partial charge >= 0.3 is 0 Å². The van der Waals surface area contributed by atoms with Gasteiger partial charge in [0.05, 0.1) is 15.9 Å². The van der Waals surface area contributed by atoms with Gasteiger partial charge in [-0.15, -0.1) is 0 Å². The third-order valence-electron chi connectivity index (χ3n) is 2.49. The molecule has 84 valence electrons. The molecule has 2 nitrogen and oxygen atoms in total. The second-order valence-electron chi connectivity index (χ2n) is 3.60. The number of aryl methyl sites for hydroxylation is 2. The van der Waals surface area contributed by atoms with E-state index in [9.17, 15) is 0 Å². The maximum atomic E-state index is 6.00. The van der Waals surface area contributed by atoms with Crippen LogP contribution in [0.1, 0.15) is 12.6 Å². The van der Waals surface area contributed by atoms with E-state index in [0.717, 1.165) is 32.9 Å². The summed E-state index contributed by atoms with van der Waals surface area (Å²) in [6.45, 7) is 2.09. The normalized spacial score (nSPS) is 10.8. The number of halogens is 2. The zero-order valence-electron chi connectivity index (χ0n) is 9.17. The summed E-state index contributed by atoms with van der Waals surface area (Å²) < 4.78 is 2.94. The first-order chi connectivity index (χ1) is 7.63. The minimum Gasteiger partial charge on any atom is -0.266 e. The Bertz CT molecular complexity index is 520. The molecule has 0 N–H and O–H groups in total. The van der Waals surface area contributed by atoms with E-state index in [-0.39, 0.29) is 0 Å². The van der Waals surface area contributed by atoms with Gasteiger partial charge < -0.3 is 0 Å². The van der Waals surface area contributed by atoms with Crippen molar-refractivity contribution in [2.24, 2.45) is 7.05 Å². The van der Waals surface area contributed by atoms with Crippen LogP contribution in [0.15, 0.2) is 28.7 Å². The Labute approximate surface area is 108 Å². The predicted octanol–water partition coefficient (Wildman–Crippen LogP) is 4.07. The van der Waals surface area contributed by atoms with E-state index in [1.165, 1.54) is 0 Å². The van der Waals surface area contributed by atoms with Crippen LogP contribution in [-0.4, -0.2) is 9.78 Å². The highest BCUT2D eigenvalue weighted by Gasteiger charge is 2.14. The second kappa shape index (κ2) is 4.60. The molecular formula is C12H12BrClN2. The molecule has 4 heteroatoms. The highest BCUT2D eigenvalue weighted by molar-refractivity contribution is 9.10. The van der Waals surface area contributed by atoms with Crippen molar-refractivity contribution < 1.29 is 0 Å². The van der Waals surface area contributed by atoms with E-state index < -0.39 is 0 Å². The Balaban J connectivity index is 2.60. The predicted molar refractivity (Wildman–Crippen MR) is 70.7 cm³/mol.